The van der Waals surface area contributed by atoms with Gasteiger partial charge in [-0.15, -0.1) is 11.6 Å². The van der Waals surface area contributed by atoms with Crippen LogP contribution in [0.1, 0.15) is 18.1 Å². The predicted molar refractivity (Wildman–Crippen MR) is 79.7 cm³/mol. The first-order valence-corrected chi connectivity index (χ1v) is 7.39. The first-order chi connectivity index (χ1) is 9.66. The Bertz CT molecular complexity index is 445. The molecule has 0 bridgehead atoms. The molecule has 1 saturated heterocycles. The molecule has 1 unspecified atom stereocenters. The summed E-state index contributed by atoms with van der Waals surface area (Å²) in [5, 5.41) is 2.36. The fourth-order valence-electron chi connectivity index (χ4n) is 2.21. The van der Waals surface area contributed by atoms with Crippen LogP contribution in [-0.4, -0.2) is 42.5 Å². The van der Waals surface area contributed by atoms with E-state index in [1.54, 1.807) is 6.92 Å². The third-order valence-corrected chi connectivity index (χ3v) is 3.63. The minimum atomic E-state index is -0.499. The Hall–Kier alpha value is -1.10. The van der Waals surface area contributed by atoms with Crippen LogP contribution in [0.15, 0.2) is 24.3 Å². The number of rotatable bonds is 5. The first kappa shape index (κ1) is 15.3. The lowest BCUT2D eigenvalue weighted by atomic mass is 10.1. The maximum Gasteiger partial charge on any atom is 0.238 e. The topological polar surface area (TPSA) is 41.6 Å². The lowest BCUT2D eigenvalue weighted by molar-refractivity contribution is -0.120. The van der Waals surface area contributed by atoms with Gasteiger partial charge < -0.3 is 10.1 Å². The minimum Gasteiger partial charge on any atom is -0.379 e. The van der Waals surface area contributed by atoms with Gasteiger partial charge in [0, 0.05) is 26.2 Å². The second kappa shape index (κ2) is 7.62. The molecule has 1 N–H and O–H groups in total. The summed E-state index contributed by atoms with van der Waals surface area (Å²) in [6.45, 7) is 6.60. The number of benzene rings is 1. The van der Waals surface area contributed by atoms with Crippen molar-refractivity contribution in [3.63, 3.8) is 0 Å². The average molecular weight is 297 g/mol. The highest BCUT2D eigenvalue weighted by Gasteiger charge is 2.13. The van der Waals surface area contributed by atoms with Crippen molar-refractivity contribution in [1.29, 1.82) is 0 Å². The summed E-state index contributed by atoms with van der Waals surface area (Å²) in [4.78, 5) is 13.9. The summed E-state index contributed by atoms with van der Waals surface area (Å²) in [6, 6.07) is 8.19. The van der Waals surface area contributed by atoms with Crippen LogP contribution < -0.4 is 5.32 Å². The van der Waals surface area contributed by atoms with Crippen molar-refractivity contribution in [1.82, 2.24) is 10.2 Å². The van der Waals surface area contributed by atoms with E-state index in [1.165, 1.54) is 5.56 Å². The van der Waals surface area contributed by atoms with Crippen molar-refractivity contribution in [2.75, 3.05) is 26.3 Å². The van der Waals surface area contributed by atoms with Crippen molar-refractivity contribution >= 4 is 17.5 Å². The molecule has 110 valence electrons. The zero-order valence-electron chi connectivity index (χ0n) is 11.8. The molecule has 2 rings (SSSR count). The highest BCUT2D eigenvalue weighted by atomic mass is 35.5. The van der Waals surface area contributed by atoms with Gasteiger partial charge in [0.15, 0.2) is 0 Å². The summed E-state index contributed by atoms with van der Waals surface area (Å²) in [5.74, 6) is -0.132. The number of amides is 1. The van der Waals surface area contributed by atoms with E-state index in [9.17, 15) is 4.79 Å². The summed E-state index contributed by atoms with van der Waals surface area (Å²) < 4.78 is 5.36. The van der Waals surface area contributed by atoms with E-state index in [2.05, 4.69) is 22.3 Å². The van der Waals surface area contributed by atoms with E-state index < -0.39 is 5.38 Å². The highest BCUT2D eigenvalue weighted by molar-refractivity contribution is 6.30. The maximum atomic E-state index is 11.5. The summed E-state index contributed by atoms with van der Waals surface area (Å²) in [5.41, 5.74) is 2.39. The molecule has 1 aromatic rings. The number of nitrogens with one attached hydrogen (secondary N) is 1. The summed E-state index contributed by atoms with van der Waals surface area (Å²) >= 11 is 5.76. The van der Waals surface area contributed by atoms with Crippen LogP contribution in [-0.2, 0) is 22.6 Å². The Morgan fingerprint density at radius 3 is 2.65 bits per heavy atom. The molecule has 1 aliphatic heterocycles. The molecule has 0 saturated carbocycles. The molecule has 1 amide bonds. The van der Waals surface area contributed by atoms with Gasteiger partial charge in [-0.2, -0.15) is 0 Å². The molecule has 1 heterocycles. The normalized spacial score (nSPS) is 17.7. The number of ether oxygens (including phenoxy) is 1. The second-order valence-corrected chi connectivity index (χ2v) is 5.65. The third kappa shape index (κ3) is 4.47. The van der Waals surface area contributed by atoms with Gasteiger partial charge in [-0.05, 0) is 18.1 Å². The van der Waals surface area contributed by atoms with Gasteiger partial charge in [-0.3, -0.25) is 9.69 Å². The molecular formula is C15H21ClN2O2. The Kier molecular flexibility index (Phi) is 5.83. The Morgan fingerprint density at radius 2 is 2.00 bits per heavy atom. The van der Waals surface area contributed by atoms with E-state index in [4.69, 9.17) is 16.3 Å². The standard InChI is InChI=1S/C15H21ClN2O2/c1-12(16)15(19)17-10-13-4-2-3-5-14(13)11-18-6-8-20-9-7-18/h2-5,12H,6-11H2,1H3,(H,17,19). The molecule has 4 nitrogen and oxygen atoms in total. The number of carbonyl (C=O) groups excluding carboxylic acids is 1. The molecule has 0 spiro atoms. The van der Waals surface area contributed by atoms with Crippen LogP contribution in [0, 0.1) is 0 Å². The van der Waals surface area contributed by atoms with E-state index in [0.29, 0.717) is 6.54 Å². The monoisotopic (exact) mass is 296 g/mol. The fraction of sp³-hybridized carbons (Fsp3) is 0.533. The molecule has 0 aromatic heterocycles. The van der Waals surface area contributed by atoms with Crippen LogP contribution in [0.3, 0.4) is 0 Å². The van der Waals surface area contributed by atoms with Crippen LogP contribution in [0.4, 0.5) is 0 Å². The Labute approximate surface area is 125 Å². The molecule has 5 heteroatoms. The predicted octanol–water partition coefficient (Wildman–Crippen LogP) is 1.76. The number of hydrogen-bond donors (Lipinski definition) is 1. The average Bonchev–Trinajstić information content (AvgIpc) is 2.47. The van der Waals surface area contributed by atoms with Gasteiger partial charge in [0.05, 0.1) is 13.2 Å². The van der Waals surface area contributed by atoms with Crippen LogP contribution >= 0.6 is 11.6 Å². The molecule has 1 atom stereocenters. The van der Waals surface area contributed by atoms with Gasteiger partial charge >= 0.3 is 0 Å². The first-order valence-electron chi connectivity index (χ1n) is 6.95. The number of alkyl halides is 1. The number of nitrogens with zero attached hydrogens (tertiary/aromatic N) is 1. The molecule has 1 aromatic carbocycles. The van der Waals surface area contributed by atoms with E-state index in [1.807, 2.05) is 12.1 Å². The summed E-state index contributed by atoms with van der Waals surface area (Å²) in [6.07, 6.45) is 0. The smallest absolute Gasteiger partial charge is 0.238 e. The van der Waals surface area contributed by atoms with Crippen molar-refractivity contribution in [2.45, 2.75) is 25.4 Å². The maximum absolute atomic E-state index is 11.5. The number of morpholine rings is 1. The Balaban J connectivity index is 1.96. The number of hydrogen-bond acceptors (Lipinski definition) is 3. The van der Waals surface area contributed by atoms with Crippen molar-refractivity contribution in [3.05, 3.63) is 35.4 Å². The highest BCUT2D eigenvalue weighted by Crippen LogP contribution is 2.13. The third-order valence-electron chi connectivity index (χ3n) is 3.43. The molecule has 0 aliphatic carbocycles. The molecule has 1 aliphatic rings. The van der Waals surface area contributed by atoms with Gasteiger partial charge in [-0.1, -0.05) is 24.3 Å². The van der Waals surface area contributed by atoms with Gasteiger partial charge in [0.1, 0.15) is 5.38 Å². The molecular weight excluding hydrogens is 276 g/mol. The lowest BCUT2D eigenvalue weighted by Crippen LogP contribution is -2.36. The van der Waals surface area contributed by atoms with Gasteiger partial charge in [0.25, 0.3) is 0 Å². The van der Waals surface area contributed by atoms with Crippen LogP contribution in [0.25, 0.3) is 0 Å². The van der Waals surface area contributed by atoms with Gasteiger partial charge in [0.2, 0.25) is 5.91 Å². The number of carbonyl (C=O) groups is 1. The van der Waals surface area contributed by atoms with Crippen molar-refractivity contribution in [3.8, 4) is 0 Å². The van der Waals surface area contributed by atoms with E-state index in [-0.39, 0.29) is 5.91 Å². The summed E-state index contributed by atoms with van der Waals surface area (Å²) in [7, 11) is 0. The molecule has 1 fully saturated rings. The zero-order chi connectivity index (χ0) is 14.4. The Morgan fingerprint density at radius 1 is 1.35 bits per heavy atom. The van der Waals surface area contributed by atoms with E-state index >= 15 is 0 Å². The van der Waals surface area contributed by atoms with Crippen molar-refractivity contribution < 1.29 is 9.53 Å². The zero-order valence-corrected chi connectivity index (χ0v) is 12.5. The van der Waals surface area contributed by atoms with Crippen LogP contribution in [0.5, 0.6) is 0 Å². The minimum absolute atomic E-state index is 0.132. The molecule has 0 radical (unpaired) electrons. The largest absolute Gasteiger partial charge is 0.379 e. The lowest BCUT2D eigenvalue weighted by Gasteiger charge is -2.27. The molecule has 20 heavy (non-hydrogen) atoms. The fourth-order valence-corrected chi connectivity index (χ4v) is 2.28. The van der Waals surface area contributed by atoms with Crippen molar-refractivity contribution in [2.24, 2.45) is 0 Å². The SMILES string of the molecule is CC(Cl)C(=O)NCc1ccccc1CN1CCOCC1. The number of halogens is 1. The second-order valence-electron chi connectivity index (χ2n) is 4.99. The van der Waals surface area contributed by atoms with E-state index in [0.717, 1.165) is 38.4 Å². The van der Waals surface area contributed by atoms with Crippen LogP contribution in [0.2, 0.25) is 0 Å². The quantitative estimate of drug-likeness (QED) is 0.842. The van der Waals surface area contributed by atoms with Gasteiger partial charge in [-0.25, -0.2) is 0 Å².